The second kappa shape index (κ2) is 8.78. The first-order chi connectivity index (χ1) is 13.9. The largest absolute Gasteiger partial charge is 0.493 e. The zero-order chi connectivity index (χ0) is 21.0. The van der Waals surface area contributed by atoms with E-state index in [2.05, 4.69) is 10.6 Å². The molecule has 0 saturated heterocycles. The molecule has 152 valence electrons. The minimum atomic E-state index is -0.648. The number of thiocarbonyl (C=S) groups is 1. The lowest BCUT2D eigenvalue weighted by Crippen LogP contribution is -2.45. The minimum absolute atomic E-state index is 0.0738. The third-order valence-corrected chi connectivity index (χ3v) is 4.43. The second-order valence-corrected chi connectivity index (χ2v) is 6.48. The Hall–Kier alpha value is -3.33. The van der Waals surface area contributed by atoms with E-state index in [0.29, 0.717) is 27.7 Å². The van der Waals surface area contributed by atoms with Crippen LogP contribution in [0.3, 0.4) is 0 Å². The SMILES string of the molecule is CCOC(=O)C1=C(C)NC(=S)N[C@@H]1c1ccc(OC(=O)c2ccco2)c(OC)c1. The predicted octanol–water partition coefficient (Wildman–Crippen LogP) is 2.86. The summed E-state index contributed by atoms with van der Waals surface area (Å²) in [5, 5.41) is 6.39. The molecule has 2 N–H and O–H groups in total. The molecule has 0 spiro atoms. The monoisotopic (exact) mass is 416 g/mol. The molecule has 0 aliphatic carbocycles. The van der Waals surface area contributed by atoms with Crippen LogP contribution in [0, 0.1) is 0 Å². The van der Waals surface area contributed by atoms with Crippen molar-refractivity contribution in [2.24, 2.45) is 0 Å². The highest BCUT2D eigenvalue weighted by Gasteiger charge is 2.31. The van der Waals surface area contributed by atoms with Crippen molar-refractivity contribution in [3.8, 4) is 11.5 Å². The standard InChI is InChI=1S/C20H20N2O6S/c1-4-26-19(24)16-11(2)21-20(29)22-17(16)12-7-8-13(15(10-12)25-3)28-18(23)14-6-5-9-27-14/h5-10,17H,4H2,1-3H3,(H2,21,22,29)/t17-/m1/s1. The van der Waals surface area contributed by atoms with E-state index in [0.717, 1.165) is 0 Å². The zero-order valence-corrected chi connectivity index (χ0v) is 16.9. The van der Waals surface area contributed by atoms with Crippen LogP contribution in [0.5, 0.6) is 11.5 Å². The van der Waals surface area contributed by atoms with Crippen molar-refractivity contribution in [3.63, 3.8) is 0 Å². The van der Waals surface area contributed by atoms with E-state index < -0.39 is 18.0 Å². The fourth-order valence-electron chi connectivity index (χ4n) is 2.92. The average molecular weight is 416 g/mol. The molecule has 1 aromatic carbocycles. The Labute approximate surface area is 172 Å². The summed E-state index contributed by atoms with van der Waals surface area (Å²) in [4.78, 5) is 24.6. The van der Waals surface area contributed by atoms with Crippen LogP contribution in [0.4, 0.5) is 0 Å². The number of rotatable bonds is 6. The number of carbonyl (C=O) groups is 2. The van der Waals surface area contributed by atoms with E-state index in [4.69, 9.17) is 30.8 Å². The summed E-state index contributed by atoms with van der Waals surface area (Å²) in [5.74, 6) is -0.498. The predicted molar refractivity (Wildman–Crippen MR) is 108 cm³/mol. The van der Waals surface area contributed by atoms with Gasteiger partial charge in [0.1, 0.15) is 0 Å². The van der Waals surface area contributed by atoms with E-state index in [-0.39, 0.29) is 18.1 Å². The maximum absolute atomic E-state index is 12.5. The molecule has 1 atom stereocenters. The van der Waals surface area contributed by atoms with Crippen LogP contribution in [-0.2, 0) is 9.53 Å². The van der Waals surface area contributed by atoms with Gasteiger partial charge < -0.3 is 29.3 Å². The first-order valence-electron chi connectivity index (χ1n) is 8.83. The van der Waals surface area contributed by atoms with Gasteiger partial charge in [-0.2, -0.15) is 0 Å². The lowest BCUT2D eigenvalue weighted by Gasteiger charge is -2.30. The van der Waals surface area contributed by atoms with Gasteiger partial charge >= 0.3 is 11.9 Å². The first kappa shape index (κ1) is 20.4. The van der Waals surface area contributed by atoms with Crippen LogP contribution in [0.25, 0.3) is 0 Å². The van der Waals surface area contributed by atoms with E-state index in [1.54, 1.807) is 38.1 Å². The molecule has 0 fully saturated rings. The molecule has 3 rings (SSSR count). The van der Waals surface area contributed by atoms with Gasteiger partial charge in [0.25, 0.3) is 0 Å². The van der Waals surface area contributed by atoms with Gasteiger partial charge in [-0.25, -0.2) is 9.59 Å². The van der Waals surface area contributed by atoms with Gasteiger partial charge in [-0.15, -0.1) is 0 Å². The van der Waals surface area contributed by atoms with Crippen molar-refractivity contribution in [2.45, 2.75) is 19.9 Å². The molecule has 2 aromatic rings. The fraction of sp³-hybridized carbons (Fsp3) is 0.250. The second-order valence-electron chi connectivity index (χ2n) is 6.07. The van der Waals surface area contributed by atoms with Crippen molar-refractivity contribution >= 4 is 29.3 Å². The van der Waals surface area contributed by atoms with Crippen LogP contribution in [0.15, 0.2) is 52.3 Å². The molecule has 0 saturated carbocycles. The summed E-state index contributed by atoms with van der Waals surface area (Å²) < 4.78 is 21.0. The molecule has 29 heavy (non-hydrogen) atoms. The Balaban J connectivity index is 1.93. The average Bonchev–Trinajstić information content (AvgIpc) is 3.22. The number of furan rings is 1. The van der Waals surface area contributed by atoms with E-state index in [9.17, 15) is 9.59 Å². The molecule has 0 unspecified atom stereocenters. The number of allylic oxidation sites excluding steroid dienone is 1. The van der Waals surface area contributed by atoms with Crippen LogP contribution in [0.2, 0.25) is 0 Å². The molecular weight excluding hydrogens is 396 g/mol. The van der Waals surface area contributed by atoms with Gasteiger partial charge in [0.2, 0.25) is 5.76 Å². The molecule has 0 radical (unpaired) electrons. The van der Waals surface area contributed by atoms with Gasteiger partial charge in [0, 0.05) is 5.70 Å². The molecule has 1 aliphatic rings. The highest BCUT2D eigenvalue weighted by molar-refractivity contribution is 7.80. The van der Waals surface area contributed by atoms with Crippen molar-refractivity contribution in [1.82, 2.24) is 10.6 Å². The summed E-state index contributed by atoms with van der Waals surface area (Å²) in [6, 6.07) is 7.51. The Kier molecular flexibility index (Phi) is 6.18. The summed E-state index contributed by atoms with van der Waals surface area (Å²) in [7, 11) is 1.46. The molecule has 9 heteroatoms. The van der Waals surface area contributed by atoms with Gasteiger partial charge in [0.05, 0.1) is 31.6 Å². The Morgan fingerprint density at radius 1 is 1.21 bits per heavy atom. The van der Waals surface area contributed by atoms with Crippen LogP contribution in [0.1, 0.15) is 36.0 Å². The molecule has 1 aromatic heterocycles. The number of ether oxygens (including phenoxy) is 3. The summed E-state index contributed by atoms with van der Waals surface area (Å²) >= 11 is 5.23. The van der Waals surface area contributed by atoms with Crippen molar-refractivity contribution < 1.29 is 28.2 Å². The van der Waals surface area contributed by atoms with E-state index in [1.807, 2.05) is 0 Å². The first-order valence-corrected chi connectivity index (χ1v) is 9.24. The number of esters is 2. The van der Waals surface area contributed by atoms with Crippen LogP contribution < -0.4 is 20.1 Å². The number of hydrogen-bond acceptors (Lipinski definition) is 7. The maximum atomic E-state index is 12.5. The van der Waals surface area contributed by atoms with Crippen LogP contribution in [-0.4, -0.2) is 30.8 Å². The normalized spacial score (nSPS) is 16.0. The lowest BCUT2D eigenvalue weighted by atomic mass is 9.95. The summed E-state index contributed by atoms with van der Waals surface area (Å²) in [6.07, 6.45) is 1.38. The van der Waals surface area contributed by atoms with Gasteiger partial charge in [-0.3, -0.25) is 0 Å². The number of nitrogens with one attached hydrogen (secondary N) is 2. The smallest absolute Gasteiger partial charge is 0.379 e. The fourth-order valence-corrected chi connectivity index (χ4v) is 3.19. The number of carbonyl (C=O) groups excluding carboxylic acids is 2. The van der Waals surface area contributed by atoms with Crippen LogP contribution >= 0.6 is 12.2 Å². The molecule has 2 heterocycles. The van der Waals surface area contributed by atoms with Gasteiger partial charge in [0.15, 0.2) is 16.6 Å². The van der Waals surface area contributed by atoms with E-state index in [1.165, 1.54) is 19.4 Å². The molecule has 8 nitrogen and oxygen atoms in total. The highest BCUT2D eigenvalue weighted by atomic mass is 32.1. The molecule has 0 amide bonds. The van der Waals surface area contributed by atoms with Crippen molar-refractivity contribution in [1.29, 1.82) is 0 Å². The Morgan fingerprint density at radius 3 is 2.66 bits per heavy atom. The Bertz CT molecular complexity index is 967. The number of hydrogen-bond donors (Lipinski definition) is 2. The minimum Gasteiger partial charge on any atom is -0.493 e. The third kappa shape index (κ3) is 4.40. The maximum Gasteiger partial charge on any atom is 0.379 e. The van der Waals surface area contributed by atoms with Crippen molar-refractivity contribution in [2.75, 3.05) is 13.7 Å². The number of methoxy groups -OCH3 is 1. The van der Waals surface area contributed by atoms with E-state index >= 15 is 0 Å². The number of benzene rings is 1. The molecular formula is C20H20N2O6S. The lowest BCUT2D eigenvalue weighted by molar-refractivity contribution is -0.139. The quantitative estimate of drug-likeness (QED) is 0.418. The zero-order valence-electron chi connectivity index (χ0n) is 16.1. The summed E-state index contributed by atoms with van der Waals surface area (Å²) in [6.45, 7) is 3.74. The van der Waals surface area contributed by atoms with Gasteiger partial charge in [-0.1, -0.05) is 6.07 Å². The Morgan fingerprint density at radius 2 is 2.00 bits per heavy atom. The molecule has 1 aliphatic heterocycles. The van der Waals surface area contributed by atoms with Crippen molar-refractivity contribution in [3.05, 3.63) is 59.2 Å². The summed E-state index contributed by atoms with van der Waals surface area (Å²) in [5.41, 5.74) is 1.69. The highest BCUT2D eigenvalue weighted by Crippen LogP contribution is 2.35. The third-order valence-electron chi connectivity index (χ3n) is 4.21. The molecule has 0 bridgehead atoms. The van der Waals surface area contributed by atoms with Gasteiger partial charge in [-0.05, 0) is 55.9 Å². The topological polar surface area (TPSA) is 99.0 Å².